The lowest BCUT2D eigenvalue weighted by Crippen LogP contribution is -2.18. The molecule has 0 bridgehead atoms. The van der Waals surface area contributed by atoms with E-state index in [1.54, 1.807) is 24.3 Å². The van der Waals surface area contributed by atoms with Gasteiger partial charge in [-0.05, 0) is 31.2 Å². The summed E-state index contributed by atoms with van der Waals surface area (Å²) in [5, 5.41) is 18.8. The van der Waals surface area contributed by atoms with Gasteiger partial charge in [0, 0.05) is 9.75 Å². The number of carboxylic acid groups (broad SMARTS) is 1. The van der Waals surface area contributed by atoms with E-state index in [-0.39, 0.29) is 12.4 Å². The Kier molecular flexibility index (Phi) is 4.06. The van der Waals surface area contributed by atoms with Crippen molar-refractivity contribution in [2.24, 2.45) is 0 Å². The van der Waals surface area contributed by atoms with Crippen molar-refractivity contribution >= 4 is 17.3 Å². The lowest BCUT2D eigenvalue weighted by atomic mass is 10.1. The number of aryl methyl sites for hydroxylation is 1. The summed E-state index contributed by atoms with van der Waals surface area (Å²) in [7, 11) is 0. The molecule has 2 rings (SSSR count). The number of hydrogen-bond acceptors (Lipinski definition) is 4. The molecule has 4 nitrogen and oxygen atoms in total. The van der Waals surface area contributed by atoms with Gasteiger partial charge < -0.3 is 14.9 Å². The predicted octanol–water partition coefficient (Wildman–Crippen LogP) is 3.01. The molecule has 1 aromatic heterocycles. The van der Waals surface area contributed by atoms with Crippen LogP contribution in [0.25, 0.3) is 0 Å². The van der Waals surface area contributed by atoms with Crippen molar-refractivity contribution in [2.45, 2.75) is 12.8 Å². The highest BCUT2D eigenvalue weighted by molar-refractivity contribution is 7.12. The molecule has 0 saturated heterocycles. The van der Waals surface area contributed by atoms with Crippen molar-refractivity contribution in [1.82, 2.24) is 0 Å². The number of benzene rings is 1. The summed E-state index contributed by atoms with van der Waals surface area (Å²) in [4.78, 5) is 13.1. The van der Waals surface area contributed by atoms with Crippen LogP contribution in [0.4, 0.5) is 0 Å². The topological polar surface area (TPSA) is 66.8 Å². The van der Waals surface area contributed by atoms with Crippen molar-refractivity contribution < 1.29 is 19.7 Å². The summed E-state index contributed by atoms with van der Waals surface area (Å²) in [6, 6.07) is 10.2. The fourth-order valence-corrected chi connectivity index (χ4v) is 2.62. The Balaban J connectivity index is 2.10. The maximum atomic E-state index is 11.3. The normalized spacial score (nSPS) is 12.1. The molecule has 0 radical (unpaired) electrons. The van der Waals surface area contributed by atoms with Crippen LogP contribution in [0, 0.1) is 6.92 Å². The molecular weight excluding hydrogens is 264 g/mol. The number of hydrogen-bond donors (Lipinski definition) is 2. The third-order valence-electron chi connectivity index (χ3n) is 2.67. The molecule has 0 aliphatic heterocycles. The average molecular weight is 278 g/mol. The summed E-state index contributed by atoms with van der Waals surface area (Å²) >= 11 is 1.44. The van der Waals surface area contributed by atoms with Gasteiger partial charge in [0.05, 0.1) is 0 Å². The molecule has 100 valence electrons. The molecule has 19 heavy (non-hydrogen) atoms. The number of carbonyl (C=O) groups is 1. The number of rotatable bonds is 5. The standard InChI is InChI=1S/C14H14O4S/c1-9-6-7-13(19-9)10(14(16)17)8-18-12-5-3-2-4-11(12)15/h2-7,10,15H,8H2,1H3,(H,16,17). The lowest BCUT2D eigenvalue weighted by Gasteiger charge is -2.13. The van der Waals surface area contributed by atoms with Crippen molar-refractivity contribution in [2.75, 3.05) is 6.61 Å². The first-order valence-electron chi connectivity index (χ1n) is 5.78. The SMILES string of the molecule is Cc1ccc(C(COc2ccccc2O)C(=O)O)s1. The quantitative estimate of drug-likeness (QED) is 0.882. The lowest BCUT2D eigenvalue weighted by molar-refractivity contribution is -0.139. The molecule has 0 saturated carbocycles. The smallest absolute Gasteiger partial charge is 0.315 e. The highest BCUT2D eigenvalue weighted by atomic mass is 32.1. The molecule has 1 heterocycles. The zero-order chi connectivity index (χ0) is 13.8. The number of aromatic hydroxyl groups is 1. The van der Waals surface area contributed by atoms with Crippen molar-refractivity contribution in [3.63, 3.8) is 0 Å². The Morgan fingerprint density at radius 3 is 2.63 bits per heavy atom. The first-order valence-corrected chi connectivity index (χ1v) is 6.59. The van der Waals surface area contributed by atoms with E-state index in [1.807, 2.05) is 13.0 Å². The number of phenols is 1. The van der Waals surface area contributed by atoms with Gasteiger partial charge in [0.15, 0.2) is 11.5 Å². The summed E-state index contributed by atoms with van der Waals surface area (Å²) in [6.07, 6.45) is 0. The molecule has 0 fully saturated rings. The Morgan fingerprint density at radius 2 is 2.05 bits per heavy atom. The Morgan fingerprint density at radius 1 is 1.32 bits per heavy atom. The van der Waals surface area contributed by atoms with Gasteiger partial charge in [-0.1, -0.05) is 12.1 Å². The van der Waals surface area contributed by atoms with Gasteiger partial charge in [-0.25, -0.2) is 0 Å². The zero-order valence-corrected chi connectivity index (χ0v) is 11.2. The third-order valence-corrected chi connectivity index (χ3v) is 3.79. The van der Waals surface area contributed by atoms with Crippen LogP contribution in [-0.4, -0.2) is 22.8 Å². The minimum atomic E-state index is -0.933. The minimum absolute atomic E-state index is 0.00708. The van der Waals surface area contributed by atoms with Gasteiger partial charge in [-0.2, -0.15) is 0 Å². The highest BCUT2D eigenvalue weighted by Gasteiger charge is 2.22. The minimum Gasteiger partial charge on any atom is -0.504 e. The summed E-state index contributed by atoms with van der Waals surface area (Å²) < 4.78 is 5.40. The number of carboxylic acids is 1. The van der Waals surface area contributed by atoms with Crippen LogP contribution in [0.2, 0.25) is 0 Å². The average Bonchev–Trinajstić information content (AvgIpc) is 2.78. The molecule has 1 unspecified atom stereocenters. The number of ether oxygens (including phenoxy) is 1. The molecule has 0 aliphatic rings. The molecule has 2 aromatic rings. The van der Waals surface area contributed by atoms with Crippen LogP contribution in [0.3, 0.4) is 0 Å². The van der Waals surface area contributed by atoms with Gasteiger partial charge in [0.1, 0.15) is 12.5 Å². The maximum absolute atomic E-state index is 11.3. The fraction of sp³-hybridized carbons (Fsp3) is 0.214. The molecular formula is C14H14O4S. The third kappa shape index (κ3) is 3.26. The number of thiophene rings is 1. The number of aliphatic carboxylic acids is 1. The predicted molar refractivity (Wildman–Crippen MR) is 73.0 cm³/mol. The van der Waals surface area contributed by atoms with Crippen LogP contribution in [0.15, 0.2) is 36.4 Å². The highest BCUT2D eigenvalue weighted by Crippen LogP contribution is 2.29. The second-order valence-corrected chi connectivity index (χ2v) is 5.44. The number of para-hydroxylation sites is 2. The van der Waals surface area contributed by atoms with Crippen LogP contribution < -0.4 is 4.74 Å². The van der Waals surface area contributed by atoms with Crippen molar-refractivity contribution in [3.05, 3.63) is 46.2 Å². The van der Waals surface area contributed by atoms with Crippen LogP contribution in [0.1, 0.15) is 15.7 Å². The molecule has 5 heteroatoms. The van der Waals surface area contributed by atoms with Gasteiger partial charge in [-0.3, -0.25) is 4.79 Å². The second-order valence-electron chi connectivity index (χ2n) is 4.12. The Bertz CT molecular complexity index is 576. The molecule has 1 aromatic carbocycles. The molecule has 1 atom stereocenters. The van der Waals surface area contributed by atoms with E-state index in [2.05, 4.69) is 0 Å². The fourth-order valence-electron chi connectivity index (χ4n) is 1.67. The van der Waals surface area contributed by atoms with Crippen molar-refractivity contribution in [1.29, 1.82) is 0 Å². The van der Waals surface area contributed by atoms with Crippen LogP contribution in [0.5, 0.6) is 11.5 Å². The van der Waals surface area contributed by atoms with E-state index in [0.29, 0.717) is 5.75 Å². The first-order chi connectivity index (χ1) is 9.08. The molecule has 0 aliphatic carbocycles. The van der Waals surface area contributed by atoms with E-state index in [0.717, 1.165) is 9.75 Å². The maximum Gasteiger partial charge on any atom is 0.315 e. The molecule has 0 amide bonds. The first kappa shape index (κ1) is 13.4. The molecule has 2 N–H and O–H groups in total. The Labute approximate surface area is 114 Å². The summed E-state index contributed by atoms with van der Waals surface area (Å²) in [6.45, 7) is 1.92. The van der Waals surface area contributed by atoms with Gasteiger partial charge >= 0.3 is 5.97 Å². The monoisotopic (exact) mass is 278 g/mol. The van der Waals surface area contributed by atoms with E-state index in [1.165, 1.54) is 17.4 Å². The molecule has 0 spiro atoms. The van der Waals surface area contributed by atoms with E-state index < -0.39 is 11.9 Å². The van der Waals surface area contributed by atoms with Gasteiger partial charge in [-0.15, -0.1) is 11.3 Å². The summed E-state index contributed by atoms with van der Waals surface area (Å²) in [5.74, 6) is -1.35. The largest absolute Gasteiger partial charge is 0.504 e. The van der Waals surface area contributed by atoms with Crippen molar-refractivity contribution in [3.8, 4) is 11.5 Å². The second kappa shape index (κ2) is 5.75. The Hall–Kier alpha value is -2.01. The summed E-state index contributed by atoms with van der Waals surface area (Å²) in [5.41, 5.74) is 0. The van der Waals surface area contributed by atoms with E-state index in [9.17, 15) is 15.0 Å². The van der Waals surface area contributed by atoms with Crippen LogP contribution in [-0.2, 0) is 4.79 Å². The van der Waals surface area contributed by atoms with Gasteiger partial charge in [0.2, 0.25) is 0 Å². The van der Waals surface area contributed by atoms with Gasteiger partial charge in [0.25, 0.3) is 0 Å². The zero-order valence-electron chi connectivity index (χ0n) is 10.4. The van der Waals surface area contributed by atoms with Crippen LogP contribution >= 0.6 is 11.3 Å². The number of phenolic OH excluding ortho intramolecular Hbond substituents is 1. The van der Waals surface area contributed by atoms with E-state index in [4.69, 9.17) is 4.74 Å². The van der Waals surface area contributed by atoms with E-state index >= 15 is 0 Å².